The molecule has 9 nitrogen and oxygen atoms in total. The Labute approximate surface area is 199 Å². The van der Waals surface area contributed by atoms with E-state index in [0.29, 0.717) is 22.3 Å². The number of carbonyl (C=O) groups excluding carboxylic acids is 1. The summed E-state index contributed by atoms with van der Waals surface area (Å²) in [6.45, 7) is 1.13. The second-order valence-corrected chi connectivity index (χ2v) is 8.00. The first-order valence-electron chi connectivity index (χ1n) is 10.8. The van der Waals surface area contributed by atoms with Crippen molar-refractivity contribution in [2.45, 2.75) is 19.1 Å². The van der Waals surface area contributed by atoms with Crippen LogP contribution in [0.3, 0.4) is 0 Å². The second kappa shape index (κ2) is 8.75. The van der Waals surface area contributed by atoms with Crippen molar-refractivity contribution < 1.29 is 38.0 Å². The molecule has 0 aliphatic carbocycles. The fraction of sp³-hybridized carbons (Fsp3) is 0.231. The SMILES string of the molecule is COc1cc(O)cc([C@H]2Oc3c(OC)cc4c(=O)c5ccccc5oc4c3O[C@@H]2COC(C)=O)c1. The molecule has 0 bridgehead atoms. The number of phenols is 1. The number of hydrogen-bond donors (Lipinski definition) is 1. The highest BCUT2D eigenvalue weighted by Crippen LogP contribution is 2.50. The lowest BCUT2D eigenvalue weighted by Crippen LogP contribution is -2.37. The van der Waals surface area contributed by atoms with E-state index in [1.165, 1.54) is 33.3 Å². The normalized spacial score (nSPS) is 16.8. The summed E-state index contributed by atoms with van der Waals surface area (Å²) in [5.41, 5.74) is 0.844. The Morgan fingerprint density at radius 3 is 2.54 bits per heavy atom. The van der Waals surface area contributed by atoms with E-state index in [-0.39, 0.29) is 46.0 Å². The molecule has 0 fully saturated rings. The van der Waals surface area contributed by atoms with Gasteiger partial charge in [-0.05, 0) is 30.3 Å². The highest BCUT2D eigenvalue weighted by Gasteiger charge is 2.38. The minimum Gasteiger partial charge on any atom is -0.508 e. The van der Waals surface area contributed by atoms with Gasteiger partial charge >= 0.3 is 5.97 Å². The van der Waals surface area contributed by atoms with E-state index in [1.807, 2.05) is 0 Å². The number of rotatable bonds is 5. The van der Waals surface area contributed by atoms with Crippen LogP contribution in [0.25, 0.3) is 21.9 Å². The van der Waals surface area contributed by atoms with Gasteiger partial charge in [0.1, 0.15) is 23.7 Å². The number of benzene rings is 3. The lowest BCUT2D eigenvalue weighted by Gasteiger charge is -2.34. The Hall–Kier alpha value is -4.40. The molecule has 4 aromatic rings. The summed E-state index contributed by atoms with van der Waals surface area (Å²) in [4.78, 5) is 24.8. The molecule has 3 aromatic carbocycles. The first kappa shape index (κ1) is 22.4. The largest absolute Gasteiger partial charge is 0.508 e. The van der Waals surface area contributed by atoms with Crippen molar-refractivity contribution in [3.63, 3.8) is 0 Å². The number of ether oxygens (including phenoxy) is 5. The Bertz CT molecular complexity index is 1500. The molecule has 5 rings (SSSR count). The minimum absolute atomic E-state index is 0.0390. The Morgan fingerprint density at radius 1 is 1.00 bits per heavy atom. The molecule has 2 atom stereocenters. The first-order valence-corrected chi connectivity index (χ1v) is 10.8. The summed E-state index contributed by atoms with van der Waals surface area (Å²) >= 11 is 0. The molecule has 1 N–H and O–H groups in total. The maximum absolute atomic E-state index is 13.2. The molecule has 180 valence electrons. The van der Waals surface area contributed by atoms with E-state index >= 15 is 0 Å². The Morgan fingerprint density at radius 2 is 1.80 bits per heavy atom. The molecule has 2 heterocycles. The van der Waals surface area contributed by atoms with Gasteiger partial charge in [-0.2, -0.15) is 0 Å². The van der Waals surface area contributed by atoms with Gasteiger partial charge in [0.2, 0.25) is 16.9 Å². The van der Waals surface area contributed by atoms with E-state index in [0.717, 1.165) is 0 Å². The van der Waals surface area contributed by atoms with Crippen LogP contribution in [0.5, 0.6) is 28.7 Å². The monoisotopic (exact) mass is 478 g/mol. The highest BCUT2D eigenvalue weighted by molar-refractivity contribution is 5.95. The van der Waals surface area contributed by atoms with Crippen molar-refractivity contribution in [3.8, 4) is 28.7 Å². The van der Waals surface area contributed by atoms with Gasteiger partial charge in [-0.25, -0.2) is 0 Å². The molecule has 0 saturated carbocycles. The van der Waals surface area contributed by atoms with Crippen LogP contribution >= 0.6 is 0 Å². The summed E-state index contributed by atoms with van der Waals surface area (Å²) in [6, 6.07) is 13.1. The van der Waals surface area contributed by atoms with Gasteiger partial charge in [0.15, 0.2) is 23.5 Å². The molecule has 0 saturated heterocycles. The third kappa shape index (κ3) is 3.95. The number of fused-ring (bicyclic) bond motifs is 4. The third-order valence-corrected chi connectivity index (χ3v) is 5.74. The molecule has 1 aromatic heterocycles. The molecule has 0 amide bonds. The van der Waals surface area contributed by atoms with E-state index in [9.17, 15) is 14.7 Å². The van der Waals surface area contributed by atoms with Crippen LogP contribution in [0.15, 0.2) is 57.7 Å². The number of methoxy groups -OCH3 is 2. The van der Waals surface area contributed by atoms with Gasteiger partial charge in [0, 0.05) is 18.6 Å². The van der Waals surface area contributed by atoms with Crippen molar-refractivity contribution >= 4 is 27.9 Å². The van der Waals surface area contributed by atoms with Crippen molar-refractivity contribution in [2.24, 2.45) is 0 Å². The van der Waals surface area contributed by atoms with Crippen LogP contribution in [0.2, 0.25) is 0 Å². The molecule has 1 aliphatic rings. The van der Waals surface area contributed by atoms with Gasteiger partial charge < -0.3 is 33.2 Å². The van der Waals surface area contributed by atoms with E-state index < -0.39 is 18.2 Å². The summed E-state index contributed by atoms with van der Waals surface area (Å²) < 4.78 is 34.7. The van der Waals surface area contributed by atoms with Crippen LogP contribution in [0, 0.1) is 0 Å². The van der Waals surface area contributed by atoms with Gasteiger partial charge in [0.05, 0.1) is 25.0 Å². The smallest absolute Gasteiger partial charge is 0.302 e. The van der Waals surface area contributed by atoms with Gasteiger partial charge in [-0.1, -0.05) is 12.1 Å². The zero-order valence-corrected chi connectivity index (χ0v) is 19.2. The predicted molar refractivity (Wildman–Crippen MR) is 126 cm³/mol. The molecular weight excluding hydrogens is 456 g/mol. The second-order valence-electron chi connectivity index (χ2n) is 8.00. The number of aromatic hydroxyl groups is 1. The van der Waals surface area contributed by atoms with Crippen molar-refractivity contribution in [3.05, 3.63) is 64.3 Å². The zero-order chi connectivity index (χ0) is 24.7. The maximum Gasteiger partial charge on any atom is 0.302 e. The molecule has 35 heavy (non-hydrogen) atoms. The molecular formula is C26H22O9. The standard InChI is InChI=1S/C26H22O9/c1-13(27)32-12-21-23(14-8-15(28)10-16(9-14)30-2)35-25-20(31-3)11-18-22(29)17-6-4-5-7-19(17)33-24(18)26(25)34-21/h4-11,21,23,28H,12H2,1-3H3/t21-,23-/m1/s1. The van der Waals surface area contributed by atoms with Crippen molar-refractivity contribution in [2.75, 3.05) is 20.8 Å². The molecule has 0 unspecified atom stereocenters. The number of carbonyl (C=O) groups is 1. The topological polar surface area (TPSA) is 114 Å². The van der Waals surface area contributed by atoms with E-state index in [2.05, 4.69) is 0 Å². The van der Waals surface area contributed by atoms with Crippen molar-refractivity contribution in [1.82, 2.24) is 0 Å². The van der Waals surface area contributed by atoms with Crippen LogP contribution in [-0.4, -0.2) is 38.0 Å². The average molecular weight is 478 g/mol. The Balaban J connectivity index is 1.72. The fourth-order valence-corrected chi connectivity index (χ4v) is 4.15. The minimum atomic E-state index is -0.843. The fourth-order valence-electron chi connectivity index (χ4n) is 4.15. The van der Waals surface area contributed by atoms with Crippen LogP contribution in [0.1, 0.15) is 18.6 Å². The van der Waals surface area contributed by atoms with Gasteiger partial charge in [-0.3, -0.25) is 9.59 Å². The first-order chi connectivity index (χ1) is 16.9. The molecule has 0 spiro atoms. The quantitative estimate of drug-likeness (QED) is 0.334. The molecule has 9 heteroatoms. The number of para-hydroxylation sites is 1. The summed E-state index contributed by atoms with van der Waals surface area (Å²) in [5, 5.41) is 10.9. The summed E-state index contributed by atoms with van der Waals surface area (Å²) in [7, 11) is 2.93. The Kier molecular flexibility index (Phi) is 5.60. The van der Waals surface area contributed by atoms with Gasteiger partial charge in [0.25, 0.3) is 0 Å². The molecule has 0 radical (unpaired) electrons. The van der Waals surface area contributed by atoms with Gasteiger partial charge in [-0.15, -0.1) is 0 Å². The van der Waals surface area contributed by atoms with E-state index in [1.54, 1.807) is 36.4 Å². The lowest BCUT2D eigenvalue weighted by atomic mass is 10.0. The van der Waals surface area contributed by atoms with Crippen LogP contribution in [0.4, 0.5) is 0 Å². The van der Waals surface area contributed by atoms with E-state index in [4.69, 9.17) is 28.1 Å². The van der Waals surface area contributed by atoms with Crippen LogP contribution in [-0.2, 0) is 9.53 Å². The van der Waals surface area contributed by atoms with Crippen molar-refractivity contribution in [1.29, 1.82) is 0 Å². The molecule has 1 aliphatic heterocycles. The predicted octanol–water partition coefficient (Wildman–Crippen LogP) is 4.11. The maximum atomic E-state index is 13.2. The zero-order valence-electron chi connectivity index (χ0n) is 19.2. The number of hydrogen-bond acceptors (Lipinski definition) is 9. The lowest BCUT2D eigenvalue weighted by molar-refractivity contribution is -0.145. The third-order valence-electron chi connectivity index (χ3n) is 5.74. The summed E-state index contributed by atoms with van der Waals surface area (Å²) in [5.74, 6) is 0.497. The number of phenolic OH excluding ortho intramolecular Hbond substituents is 1. The average Bonchev–Trinajstić information content (AvgIpc) is 2.86. The van der Waals surface area contributed by atoms with Crippen LogP contribution < -0.4 is 24.4 Å². The highest BCUT2D eigenvalue weighted by atomic mass is 16.6. The summed E-state index contributed by atoms with van der Waals surface area (Å²) in [6.07, 6.45) is -1.66. The number of esters is 1.